The molecule has 2 aliphatic rings. The standard InChI is InChI=1S/C22H29N3O6/c1-3-13(2)16(21(28)25-11-7-10-15(25)22(29)30)24-20(27)18-17(31-18)19(26)23-12-14-8-5-4-6-9-14/h4-6,8-9,13,15-18H,3,7,10-12H2,1-2H3,(H,23,26)(H,24,27)(H,29,30)/t13-,15-,16-,17-,18-/m0/s1. The third kappa shape index (κ3) is 5.41. The molecule has 3 N–H and O–H groups in total. The Labute approximate surface area is 181 Å². The van der Waals surface area contributed by atoms with Crippen LogP contribution in [0.5, 0.6) is 0 Å². The lowest BCUT2D eigenvalue weighted by Gasteiger charge is -2.30. The highest BCUT2D eigenvalue weighted by Gasteiger charge is 2.51. The number of carbonyl (C=O) groups is 4. The highest BCUT2D eigenvalue weighted by atomic mass is 16.6. The smallest absolute Gasteiger partial charge is 0.326 e. The van der Waals surface area contributed by atoms with Crippen molar-refractivity contribution < 1.29 is 29.0 Å². The Kier molecular flexibility index (Phi) is 7.27. The molecular formula is C22H29N3O6. The molecule has 2 fully saturated rings. The predicted octanol–water partition coefficient (Wildman–Crippen LogP) is 0.677. The van der Waals surface area contributed by atoms with E-state index >= 15 is 0 Å². The van der Waals surface area contributed by atoms with Gasteiger partial charge in [0.2, 0.25) is 5.91 Å². The Morgan fingerprint density at radius 2 is 1.84 bits per heavy atom. The first-order chi connectivity index (χ1) is 14.8. The minimum absolute atomic E-state index is 0.199. The number of nitrogens with zero attached hydrogens (tertiary/aromatic N) is 1. The molecule has 1 aromatic carbocycles. The van der Waals surface area contributed by atoms with E-state index in [2.05, 4.69) is 10.6 Å². The molecule has 2 aliphatic heterocycles. The second kappa shape index (κ2) is 9.91. The number of benzene rings is 1. The van der Waals surface area contributed by atoms with Gasteiger partial charge in [0.25, 0.3) is 11.8 Å². The molecule has 31 heavy (non-hydrogen) atoms. The van der Waals surface area contributed by atoms with Gasteiger partial charge >= 0.3 is 5.97 Å². The van der Waals surface area contributed by atoms with Crippen LogP contribution < -0.4 is 10.6 Å². The lowest BCUT2D eigenvalue weighted by molar-refractivity contribution is -0.150. The van der Waals surface area contributed by atoms with Gasteiger partial charge < -0.3 is 25.4 Å². The van der Waals surface area contributed by atoms with Gasteiger partial charge in [-0.1, -0.05) is 50.6 Å². The number of amides is 3. The Morgan fingerprint density at radius 3 is 2.48 bits per heavy atom. The number of aliphatic carboxylic acids is 1. The summed E-state index contributed by atoms with van der Waals surface area (Å²) in [5, 5.41) is 14.8. The summed E-state index contributed by atoms with van der Waals surface area (Å²) in [6.07, 6.45) is -0.218. The van der Waals surface area contributed by atoms with E-state index in [-0.39, 0.29) is 11.8 Å². The molecule has 3 rings (SSSR count). The Morgan fingerprint density at radius 1 is 1.16 bits per heavy atom. The number of rotatable bonds is 9. The summed E-state index contributed by atoms with van der Waals surface area (Å²) in [5.41, 5.74) is 0.929. The fourth-order valence-corrected chi connectivity index (χ4v) is 3.78. The maximum absolute atomic E-state index is 13.0. The molecule has 2 saturated heterocycles. The number of carboxylic acid groups (broad SMARTS) is 1. The molecule has 0 bridgehead atoms. The third-order valence-electron chi connectivity index (χ3n) is 5.92. The Hall–Kier alpha value is -2.94. The van der Waals surface area contributed by atoms with Crippen LogP contribution >= 0.6 is 0 Å². The van der Waals surface area contributed by atoms with Crippen molar-refractivity contribution in [3.05, 3.63) is 35.9 Å². The van der Waals surface area contributed by atoms with Gasteiger partial charge in [0.05, 0.1) is 0 Å². The average molecular weight is 431 g/mol. The summed E-state index contributed by atoms with van der Waals surface area (Å²) < 4.78 is 5.26. The van der Waals surface area contributed by atoms with Crippen LogP contribution in [0.3, 0.4) is 0 Å². The van der Waals surface area contributed by atoms with Gasteiger partial charge in [-0.15, -0.1) is 0 Å². The molecule has 1 aromatic rings. The van der Waals surface area contributed by atoms with Crippen molar-refractivity contribution in [3.8, 4) is 0 Å². The first-order valence-electron chi connectivity index (χ1n) is 10.6. The van der Waals surface area contributed by atoms with E-state index in [9.17, 15) is 24.3 Å². The highest BCUT2D eigenvalue weighted by molar-refractivity contribution is 5.97. The van der Waals surface area contributed by atoms with Gasteiger partial charge in [0.15, 0.2) is 12.2 Å². The van der Waals surface area contributed by atoms with E-state index in [0.29, 0.717) is 32.4 Å². The van der Waals surface area contributed by atoms with Gasteiger partial charge in [0.1, 0.15) is 12.1 Å². The number of ether oxygens (including phenoxy) is 1. The van der Waals surface area contributed by atoms with Gasteiger partial charge in [-0.3, -0.25) is 14.4 Å². The first kappa shape index (κ1) is 22.7. The Bertz CT molecular complexity index is 830. The van der Waals surface area contributed by atoms with Crippen molar-refractivity contribution in [1.29, 1.82) is 0 Å². The molecule has 9 heteroatoms. The van der Waals surface area contributed by atoms with Crippen LogP contribution in [0.1, 0.15) is 38.7 Å². The molecule has 168 valence electrons. The van der Waals surface area contributed by atoms with Gasteiger partial charge in [-0.25, -0.2) is 4.79 Å². The van der Waals surface area contributed by atoms with Crippen LogP contribution in [0.4, 0.5) is 0 Å². The summed E-state index contributed by atoms with van der Waals surface area (Å²) >= 11 is 0. The first-order valence-corrected chi connectivity index (χ1v) is 10.6. The normalized spacial score (nSPS) is 24.2. The van der Waals surface area contributed by atoms with Crippen molar-refractivity contribution >= 4 is 23.7 Å². The maximum atomic E-state index is 13.0. The molecule has 0 spiro atoms. The molecule has 0 aliphatic carbocycles. The molecule has 9 nitrogen and oxygen atoms in total. The van der Waals surface area contributed by atoms with Gasteiger partial charge in [-0.05, 0) is 24.3 Å². The summed E-state index contributed by atoms with van der Waals surface area (Å²) in [6, 6.07) is 7.64. The molecule has 0 aromatic heterocycles. The van der Waals surface area contributed by atoms with Crippen LogP contribution in [-0.4, -0.2) is 64.5 Å². The number of carbonyl (C=O) groups excluding carboxylic acids is 3. The monoisotopic (exact) mass is 431 g/mol. The SMILES string of the molecule is CC[C@H](C)[C@H](NC(=O)[C@H]1O[C@@H]1C(=O)NCc1ccccc1)C(=O)N1CCC[C@H]1C(=O)O. The zero-order valence-electron chi connectivity index (χ0n) is 17.7. The van der Waals surface area contributed by atoms with Crippen LogP contribution in [0, 0.1) is 5.92 Å². The van der Waals surface area contributed by atoms with Crippen molar-refractivity contribution in [3.63, 3.8) is 0 Å². The second-order valence-electron chi connectivity index (χ2n) is 8.08. The van der Waals surface area contributed by atoms with E-state index in [4.69, 9.17) is 4.74 Å². The minimum atomic E-state index is -1.04. The fourth-order valence-electron chi connectivity index (χ4n) is 3.78. The average Bonchev–Trinajstić information content (AvgIpc) is 3.43. The predicted molar refractivity (Wildman–Crippen MR) is 111 cm³/mol. The van der Waals surface area contributed by atoms with Crippen molar-refractivity contribution in [2.75, 3.05) is 6.54 Å². The minimum Gasteiger partial charge on any atom is -0.480 e. The molecule has 0 saturated carbocycles. The molecule has 5 atom stereocenters. The summed E-state index contributed by atoms with van der Waals surface area (Å²) in [4.78, 5) is 50.8. The molecule has 3 amide bonds. The number of carboxylic acids is 1. The Balaban J connectivity index is 1.57. The molecule has 0 unspecified atom stereocenters. The second-order valence-corrected chi connectivity index (χ2v) is 8.08. The number of hydrogen-bond acceptors (Lipinski definition) is 5. The summed E-state index contributed by atoms with van der Waals surface area (Å²) in [6.45, 7) is 4.39. The largest absolute Gasteiger partial charge is 0.480 e. The molecule has 0 radical (unpaired) electrons. The lowest BCUT2D eigenvalue weighted by Crippen LogP contribution is -2.55. The van der Waals surface area contributed by atoms with Crippen LogP contribution in [0.2, 0.25) is 0 Å². The number of likely N-dealkylation sites (tertiary alicyclic amines) is 1. The number of epoxide rings is 1. The quantitative estimate of drug-likeness (QED) is 0.493. The molecule has 2 heterocycles. The van der Waals surface area contributed by atoms with Gasteiger partial charge in [-0.2, -0.15) is 0 Å². The van der Waals surface area contributed by atoms with Crippen molar-refractivity contribution in [2.24, 2.45) is 5.92 Å². The van der Waals surface area contributed by atoms with Crippen LogP contribution in [0.15, 0.2) is 30.3 Å². The van der Waals surface area contributed by atoms with Gasteiger partial charge in [0, 0.05) is 13.1 Å². The number of hydrogen-bond donors (Lipinski definition) is 3. The van der Waals surface area contributed by atoms with Crippen molar-refractivity contribution in [1.82, 2.24) is 15.5 Å². The zero-order valence-corrected chi connectivity index (χ0v) is 17.7. The van der Waals surface area contributed by atoms with E-state index in [0.717, 1.165) is 5.56 Å². The van der Waals surface area contributed by atoms with E-state index in [1.165, 1.54) is 4.90 Å². The lowest BCUT2D eigenvalue weighted by atomic mass is 9.97. The van der Waals surface area contributed by atoms with E-state index in [1.807, 2.05) is 44.2 Å². The van der Waals surface area contributed by atoms with Crippen LogP contribution in [-0.2, 0) is 30.5 Å². The number of nitrogens with one attached hydrogen (secondary N) is 2. The summed E-state index contributed by atoms with van der Waals surface area (Å²) in [7, 11) is 0. The highest BCUT2D eigenvalue weighted by Crippen LogP contribution is 2.25. The fraction of sp³-hybridized carbons (Fsp3) is 0.545. The van der Waals surface area contributed by atoms with Crippen LogP contribution in [0.25, 0.3) is 0 Å². The summed E-state index contributed by atoms with van der Waals surface area (Å²) in [5.74, 6) is -2.57. The third-order valence-corrected chi connectivity index (χ3v) is 5.92. The van der Waals surface area contributed by atoms with E-state index in [1.54, 1.807) is 0 Å². The maximum Gasteiger partial charge on any atom is 0.326 e. The molecular weight excluding hydrogens is 402 g/mol. The van der Waals surface area contributed by atoms with Crippen molar-refractivity contribution in [2.45, 2.75) is 63.9 Å². The van der Waals surface area contributed by atoms with E-state index < -0.39 is 42.1 Å². The topological polar surface area (TPSA) is 128 Å². The zero-order chi connectivity index (χ0) is 22.5.